The fourth-order valence-corrected chi connectivity index (χ4v) is 12.3. The predicted molar refractivity (Wildman–Crippen MR) is 207 cm³/mol. The van der Waals surface area contributed by atoms with Crippen LogP contribution in [0.25, 0.3) is 21.9 Å². The van der Waals surface area contributed by atoms with Gasteiger partial charge >= 0.3 is 5.97 Å². The third-order valence-corrected chi connectivity index (χ3v) is 15.3. The standard InChI is InChI=1S/C43H42N2O6Si/c1-5-49-41(48)38-25-36(46)34-24-30(21-22-37(34)51-38)43(27-39(47)45-35-20-12-14-29-15-13-23-44-40(29)35)26-31(43)28-50-52(42(2,3)4,32-16-8-6-9-17-32)33-18-10-7-11-19-33/h6-25,31H,5,26-28H2,1-4H3,(H,45,47)/t31-,43-/m0/s1. The van der Waals surface area contributed by atoms with Crippen LogP contribution in [0.3, 0.4) is 0 Å². The molecule has 52 heavy (non-hydrogen) atoms. The molecule has 264 valence electrons. The number of anilines is 1. The molecular formula is C43H42N2O6Si. The summed E-state index contributed by atoms with van der Waals surface area (Å²) in [5, 5.41) is 6.55. The summed E-state index contributed by atoms with van der Waals surface area (Å²) in [6.45, 7) is 9.02. The molecule has 1 amide bonds. The molecule has 0 aliphatic heterocycles. The summed E-state index contributed by atoms with van der Waals surface area (Å²) in [5.41, 5.74) is 1.52. The molecule has 0 radical (unpaired) electrons. The second-order valence-corrected chi connectivity index (χ2v) is 18.8. The highest BCUT2D eigenvalue weighted by Gasteiger charge is 2.58. The number of pyridine rings is 1. The molecule has 0 bridgehead atoms. The second-order valence-electron chi connectivity index (χ2n) is 14.5. The van der Waals surface area contributed by atoms with E-state index in [0.29, 0.717) is 24.1 Å². The largest absolute Gasteiger partial charge is 0.460 e. The molecule has 2 heterocycles. The number of nitrogens with one attached hydrogen (secondary N) is 1. The molecule has 6 aromatic rings. The van der Waals surface area contributed by atoms with Gasteiger partial charge in [-0.1, -0.05) is 106 Å². The van der Waals surface area contributed by atoms with E-state index in [-0.39, 0.29) is 46.7 Å². The number of rotatable bonds is 11. The maximum absolute atomic E-state index is 14.0. The number of esters is 1. The van der Waals surface area contributed by atoms with E-state index in [0.717, 1.165) is 16.5 Å². The summed E-state index contributed by atoms with van der Waals surface area (Å²) < 4.78 is 18.3. The maximum atomic E-state index is 14.0. The first kappa shape index (κ1) is 35.0. The highest BCUT2D eigenvalue weighted by Crippen LogP contribution is 2.58. The third kappa shape index (κ3) is 6.46. The molecular weight excluding hydrogens is 669 g/mol. The first-order chi connectivity index (χ1) is 25.1. The van der Waals surface area contributed by atoms with Crippen LogP contribution < -0.4 is 21.1 Å². The molecule has 0 saturated heterocycles. The molecule has 1 N–H and O–H groups in total. The van der Waals surface area contributed by atoms with Crippen LogP contribution in [-0.2, 0) is 19.4 Å². The van der Waals surface area contributed by atoms with Crippen LogP contribution in [0.2, 0.25) is 5.04 Å². The molecule has 1 aliphatic rings. The SMILES string of the molecule is CCOC(=O)c1cc(=O)c2cc([C@@]3(CC(=O)Nc4cccc5cccnc45)C[C@H]3CO[Si](c3ccccc3)(c3ccccc3)C(C)(C)C)ccc2o1. The van der Waals surface area contributed by atoms with Gasteiger partial charge in [0.1, 0.15) is 5.58 Å². The van der Waals surface area contributed by atoms with Gasteiger partial charge in [0.05, 0.1) is 23.2 Å². The maximum Gasteiger partial charge on any atom is 0.374 e. The quantitative estimate of drug-likeness (QED) is 0.110. The van der Waals surface area contributed by atoms with Crippen LogP contribution in [0.15, 0.2) is 131 Å². The Morgan fingerprint density at radius 2 is 1.60 bits per heavy atom. The Morgan fingerprint density at radius 1 is 0.904 bits per heavy atom. The number of nitrogens with zero attached hydrogens (tertiary/aromatic N) is 1. The first-order valence-corrected chi connectivity index (χ1v) is 19.6. The monoisotopic (exact) mass is 710 g/mol. The number of amides is 1. The highest BCUT2D eigenvalue weighted by atomic mass is 28.4. The van der Waals surface area contributed by atoms with Gasteiger partial charge in [0.15, 0.2) is 5.43 Å². The third-order valence-electron chi connectivity index (χ3n) is 10.3. The Morgan fingerprint density at radius 3 is 2.27 bits per heavy atom. The van der Waals surface area contributed by atoms with Crippen LogP contribution in [0.5, 0.6) is 0 Å². The zero-order valence-corrected chi connectivity index (χ0v) is 30.8. The van der Waals surface area contributed by atoms with Gasteiger partial charge in [-0.15, -0.1) is 0 Å². The number of benzene rings is 4. The van der Waals surface area contributed by atoms with Crippen LogP contribution in [0, 0.1) is 5.92 Å². The lowest BCUT2D eigenvalue weighted by Gasteiger charge is -2.43. The Kier molecular flexibility index (Phi) is 9.41. The van der Waals surface area contributed by atoms with Gasteiger partial charge in [0, 0.05) is 36.1 Å². The summed E-state index contributed by atoms with van der Waals surface area (Å²) >= 11 is 0. The van der Waals surface area contributed by atoms with Gasteiger partial charge < -0.3 is 18.9 Å². The van der Waals surface area contributed by atoms with Crippen LogP contribution in [-0.4, -0.2) is 38.4 Å². The molecule has 9 heteroatoms. The Labute approximate surface area is 303 Å². The molecule has 0 spiro atoms. The molecule has 1 aliphatic carbocycles. The van der Waals surface area contributed by atoms with E-state index in [1.165, 1.54) is 16.4 Å². The van der Waals surface area contributed by atoms with Gasteiger partial charge in [-0.3, -0.25) is 14.6 Å². The van der Waals surface area contributed by atoms with E-state index < -0.39 is 19.7 Å². The van der Waals surface area contributed by atoms with E-state index in [9.17, 15) is 14.4 Å². The minimum absolute atomic E-state index is 0.0196. The molecule has 4 aromatic carbocycles. The van der Waals surface area contributed by atoms with Crippen molar-refractivity contribution in [3.05, 3.63) is 143 Å². The fourth-order valence-electron chi connectivity index (χ4n) is 7.71. The smallest absolute Gasteiger partial charge is 0.374 e. The van der Waals surface area contributed by atoms with Gasteiger partial charge in [-0.2, -0.15) is 0 Å². The first-order valence-electron chi connectivity index (χ1n) is 17.7. The molecule has 2 atom stereocenters. The summed E-state index contributed by atoms with van der Waals surface area (Å²) in [6.07, 6.45) is 2.57. The van der Waals surface area contributed by atoms with E-state index in [1.54, 1.807) is 19.2 Å². The zero-order valence-electron chi connectivity index (χ0n) is 29.8. The van der Waals surface area contributed by atoms with Gasteiger partial charge in [-0.25, -0.2) is 4.79 Å². The van der Waals surface area contributed by atoms with Crippen LogP contribution in [0.4, 0.5) is 5.69 Å². The lowest BCUT2D eigenvalue weighted by molar-refractivity contribution is -0.116. The lowest BCUT2D eigenvalue weighted by atomic mass is 9.88. The van der Waals surface area contributed by atoms with Gasteiger partial charge in [0.2, 0.25) is 11.7 Å². The van der Waals surface area contributed by atoms with Crippen molar-refractivity contribution >= 4 is 58.1 Å². The van der Waals surface area contributed by atoms with Crippen molar-refractivity contribution in [2.75, 3.05) is 18.5 Å². The van der Waals surface area contributed by atoms with Gasteiger partial charge in [-0.05, 0) is 64.5 Å². The number of aromatic nitrogens is 1. The number of hydrogen-bond acceptors (Lipinski definition) is 7. The minimum atomic E-state index is -2.86. The normalized spacial score (nSPS) is 17.2. The second kappa shape index (κ2) is 14.0. The average molecular weight is 711 g/mol. The Hall–Kier alpha value is -5.38. The van der Waals surface area contributed by atoms with Crippen LogP contribution in [0.1, 0.15) is 56.7 Å². The fraction of sp³-hybridized carbons (Fsp3) is 0.256. The molecule has 1 fully saturated rings. The molecule has 1 saturated carbocycles. The van der Waals surface area contributed by atoms with E-state index in [2.05, 4.69) is 79.6 Å². The van der Waals surface area contributed by atoms with E-state index in [4.69, 9.17) is 13.6 Å². The van der Waals surface area contributed by atoms with Crippen molar-refractivity contribution in [2.24, 2.45) is 5.92 Å². The van der Waals surface area contributed by atoms with Crippen molar-refractivity contribution in [3.63, 3.8) is 0 Å². The van der Waals surface area contributed by atoms with E-state index >= 15 is 0 Å². The van der Waals surface area contributed by atoms with Crippen molar-refractivity contribution in [1.82, 2.24) is 4.98 Å². The summed E-state index contributed by atoms with van der Waals surface area (Å²) in [7, 11) is -2.86. The molecule has 0 unspecified atom stereocenters. The number of hydrogen-bond donors (Lipinski definition) is 1. The van der Waals surface area contributed by atoms with Crippen molar-refractivity contribution in [3.8, 4) is 0 Å². The molecule has 8 nitrogen and oxygen atoms in total. The summed E-state index contributed by atoms with van der Waals surface area (Å²) in [4.78, 5) is 44.3. The molecule has 2 aromatic heterocycles. The molecule has 7 rings (SSSR count). The number of ether oxygens (including phenoxy) is 1. The zero-order chi connectivity index (χ0) is 36.5. The van der Waals surface area contributed by atoms with Crippen molar-refractivity contribution in [1.29, 1.82) is 0 Å². The Bertz CT molecular complexity index is 2270. The Balaban J connectivity index is 1.27. The lowest BCUT2D eigenvalue weighted by Crippen LogP contribution is -2.66. The average Bonchev–Trinajstić information content (AvgIpc) is 3.85. The topological polar surface area (TPSA) is 108 Å². The minimum Gasteiger partial charge on any atom is -0.460 e. The van der Waals surface area contributed by atoms with Gasteiger partial charge in [0.25, 0.3) is 8.32 Å². The number of carbonyl (C=O) groups excluding carboxylic acids is 2. The van der Waals surface area contributed by atoms with Crippen molar-refractivity contribution in [2.45, 2.75) is 51.0 Å². The number of para-hydroxylation sites is 1. The number of carbonyl (C=O) groups is 2. The van der Waals surface area contributed by atoms with Crippen molar-refractivity contribution < 1.29 is 23.2 Å². The summed E-state index contributed by atoms with van der Waals surface area (Å²) in [6, 6.07) is 37.2. The van der Waals surface area contributed by atoms with Crippen LogP contribution >= 0.6 is 0 Å². The summed E-state index contributed by atoms with van der Waals surface area (Å²) in [5.74, 6) is -1.01. The highest BCUT2D eigenvalue weighted by molar-refractivity contribution is 6.99. The van der Waals surface area contributed by atoms with E-state index in [1.807, 2.05) is 54.6 Å². The number of fused-ring (bicyclic) bond motifs is 2. The predicted octanol–water partition coefficient (Wildman–Crippen LogP) is 7.38.